The van der Waals surface area contributed by atoms with E-state index in [1.54, 1.807) is 30.9 Å². The lowest BCUT2D eigenvalue weighted by atomic mass is 10.2. The van der Waals surface area contributed by atoms with Gasteiger partial charge in [-0.15, -0.1) is 0 Å². The standard InChI is InChI=1S/C16H13ClN2O3S/c17-14-3-1-2-4-16(14)23(20,21)19-10-12-5-6-15(18-9-12)13-7-8-22-11-13/h1-9,11,19H,10H2. The minimum atomic E-state index is -3.67. The molecule has 0 aliphatic heterocycles. The van der Waals surface area contributed by atoms with Gasteiger partial charge in [0.15, 0.2) is 0 Å². The molecule has 0 aliphatic rings. The Hall–Kier alpha value is -2.15. The summed E-state index contributed by atoms with van der Waals surface area (Å²) in [7, 11) is -3.67. The van der Waals surface area contributed by atoms with Crippen molar-refractivity contribution in [3.05, 3.63) is 71.8 Å². The van der Waals surface area contributed by atoms with Crippen LogP contribution in [-0.2, 0) is 16.6 Å². The Kier molecular flexibility index (Phi) is 4.47. The number of sulfonamides is 1. The highest BCUT2D eigenvalue weighted by Crippen LogP contribution is 2.21. The van der Waals surface area contributed by atoms with E-state index in [1.165, 1.54) is 12.1 Å². The summed E-state index contributed by atoms with van der Waals surface area (Å²) in [5.41, 5.74) is 2.37. The number of nitrogens with one attached hydrogen (secondary N) is 1. The lowest BCUT2D eigenvalue weighted by Crippen LogP contribution is -2.23. The number of nitrogens with zero attached hydrogens (tertiary/aromatic N) is 1. The zero-order valence-corrected chi connectivity index (χ0v) is 13.5. The molecule has 0 spiro atoms. The van der Waals surface area contributed by atoms with Crippen LogP contribution < -0.4 is 4.72 Å². The van der Waals surface area contributed by atoms with E-state index in [1.807, 2.05) is 18.2 Å². The summed E-state index contributed by atoms with van der Waals surface area (Å²) in [5, 5.41) is 0.188. The van der Waals surface area contributed by atoms with Crippen LogP contribution in [0.1, 0.15) is 5.56 Å². The summed E-state index contributed by atoms with van der Waals surface area (Å²) in [6, 6.07) is 11.7. The Labute approximate surface area is 139 Å². The molecule has 0 amide bonds. The second kappa shape index (κ2) is 6.54. The van der Waals surface area contributed by atoms with Gasteiger partial charge in [0, 0.05) is 18.3 Å². The van der Waals surface area contributed by atoms with Crippen LogP contribution in [0.25, 0.3) is 11.3 Å². The lowest BCUT2D eigenvalue weighted by molar-refractivity contribution is 0.568. The van der Waals surface area contributed by atoms with Crippen molar-refractivity contribution in [3.63, 3.8) is 0 Å². The van der Waals surface area contributed by atoms with Gasteiger partial charge in [-0.05, 0) is 29.8 Å². The van der Waals surface area contributed by atoms with Crippen molar-refractivity contribution in [1.82, 2.24) is 9.71 Å². The minimum absolute atomic E-state index is 0.0599. The van der Waals surface area contributed by atoms with E-state index in [0.717, 1.165) is 16.8 Å². The number of hydrogen-bond acceptors (Lipinski definition) is 4. The number of halogens is 1. The molecule has 0 saturated heterocycles. The maximum Gasteiger partial charge on any atom is 0.242 e. The van der Waals surface area contributed by atoms with Gasteiger partial charge in [-0.3, -0.25) is 4.98 Å². The summed E-state index contributed by atoms with van der Waals surface area (Å²) >= 11 is 5.93. The Morgan fingerprint density at radius 3 is 2.61 bits per heavy atom. The summed E-state index contributed by atoms with van der Waals surface area (Å²) in [4.78, 5) is 4.35. The maximum absolute atomic E-state index is 12.3. The molecule has 1 N–H and O–H groups in total. The predicted octanol–water partition coefficient (Wildman–Crippen LogP) is 3.47. The van der Waals surface area contributed by atoms with Crippen LogP contribution in [0.5, 0.6) is 0 Å². The first kappa shape index (κ1) is 15.7. The average molecular weight is 349 g/mol. The third kappa shape index (κ3) is 3.61. The molecule has 2 heterocycles. The van der Waals surface area contributed by atoms with Gasteiger partial charge in [0.25, 0.3) is 0 Å². The van der Waals surface area contributed by atoms with Crippen molar-refractivity contribution < 1.29 is 12.8 Å². The summed E-state index contributed by atoms with van der Waals surface area (Å²) < 4.78 is 32.0. The SMILES string of the molecule is O=S(=O)(NCc1ccc(-c2ccoc2)nc1)c1ccccc1Cl. The van der Waals surface area contributed by atoms with Crippen LogP contribution in [0.3, 0.4) is 0 Å². The molecule has 5 nitrogen and oxygen atoms in total. The van der Waals surface area contributed by atoms with Crippen molar-refractivity contribution in [2.45, 2.75) is 11.4 Å². The Morgan fingerprint density at radius 2 is 1.96 bits per heavy atom. The molecule has 0 saturated carbocycles. The second-order valence-electron chi connectivity index (χ2n) is 4.82. The molecule has 1 aromatic carbocycles. The monoisotopic (exact) mass is 348 g/mol. The highest BCUT2D eigenvalue weighted by atomic mass is 35.5. The van der Waals surface area contributed by atoms with Gasteiger partial charge >= 0.3 is 0 Å². The zero-order chi connectivity index (χ0) is 16.3. The Bertz CT molecular complexity index is 891. The molecule has 23 heavy (non-hydrogen) atoms. The third-order valence-electron chi connectivity index (χ3n) is 3.23. The highest BCUT2D eigenvalue weighted by molar-refractivity contribution is 7.89. The maximum atomic E-state index is 12.3. The van der Waals surface area contributed by atoms with E-state index < -0.39 is 10.0 Å². The number of hydrogen-bond donors (Lipinski definition) is 1. The van der Waals surface area contributed by atoms with E-state index in [4.69, 9.17) is 16.0 Å². The average Bonchev–Trinajstić information content (AvgIpc) is 3.08. The summed E-state index contributed by atoms with van der Waals surface area (Å²) in [6.07, 6.45) is 4.79. The van der Waals surface area contributed by atoms with E-state index in [-0.39, 0.29) is 16.5 Å². The molecule has 0 atom stereocenters. The lowest BCUT2D eigenvalue weighted by Gasteiger charge is -2.08. The molecule has 3 aromatic rings. The van der Waals surface area contributed by atoms with Crippen LogP contribution in [0, 0.1) is 0 Å². The smallest absolute Gasteiger partial charge is 0.242 e. The fourth-order valence-electron chi connectivity index (χ4n) is 2.03. The van der Waals surface area contributed by atoms with Crippen LogP contribution >= 0.6 is 11.6 Å². The molecular formula is C16H13ClN2O3S. The topological polar surface area (TPSA) is 72.2 Å². The number of pyridine rings is 1. The van der Waals surface area contributed by atoms with Crippen LogP contribution in [-0.4, -0.2) is 13.4 Å². The Morgan fingerprint density at radius 1 is 1.13 bits per heavy atom. The zero-order valence-electron chi connectivity index (χ0n) is 11.9. The van der Waals surface area contributed by atoms with Gasteiger partial charge < -0.3 is 4.42 Å². The fourth-order valence-corrected chi connectivity index (χ4v) is 3.56. The number of rotatable bonds is 5. The largest absolute Gasteiger partial charge is 0.472 e. The first-order chi connectivity index (χ1) is 11.1. The molecule has 0 bridgehead atoms. The van der Waals surface area contributed by atoms with E-state index in [9.17, 15) is 8.42 Å². The summed E-state index contributed by atoms with van der Waals surface area (Å²) in [6.45, 7) is 0.131. The van der Waals surface area contributed by atoms with E-state index >= 15 is 0 Å². The number of furan rings is 1. The Balaban J connectivity index is 1.72. The second-order valence-corrected chi connectivity index (χ2v) is 6.96. The van der Waals surface area contributed by atoms with Crippen molar-refractivity contribution in [1.29, 1.82) is 0 Å². The van der Waals surface area contributed by atoms with Gasteiger partial charge in [0.1, 0.15) is 4.90 Å². The van der Waals surface area contributed by atoms with Crippen LogP contribution in [0.2, 0.25) is 5.02 Å². The number of benzene rings is 1. The van der Waals surface area contributed by atoms with Gasteiger partial charge in [0.2, 0.25) is 10.0 Å². The van der Waals surface area contributed by atoms with Crippen molar-refractivity contribution in [3.8, 4) is 11.3 Å². The van der Waals surface area contributed by atoms with Gasteiger partial charge in [-0.1, -0.05) is 29.8 Å². The molecule has 0 fully saturated rings. The molecule has 2 aromatic heterocycles. The molecule has 7 heteroatoms. The normalized spacial score (nSPS) is 11.5. The van der Waals surface area contributed by atoms with E-state index in [2.05, 4.69) is 9.71 Å². The highest BCUT2D eigenvalue weighted by Gasteiger charge is 2.16. The molecular weight excluding hydrogens is 336 g/mol. The predicted molar refractivity (Wildman–Crippen MR) is 87.4 cm³/mol. The molecule has 118 valence electrons. The van der Waals surface area contributed by atoms with Crippen molar-refractivity contribution in [2.75, 3.05) is 0 Å². The van der Waals surface area contributed by atoms with Gasteiger partial charge in [-0.2, -0.15) is 0 Å². The molecule has 0 unspecified atom stereocenters. The molecule has 0 aliphatic carbocycles. The first-order valence-corrected chi connectivity index (χ1v) is 8.64. The fraction of sp³-hybridized carbons (Fsp3) is 0.0625. The van der Waals surface area contributed by atoms with E-state index in [0.29, 0.717) is 0 Å². The first-order valence-electron chi connectivity index (χ1n) is 6.78. The number of aromatic nitrogens is 1. The van der Waals surface area contributed by atoms with Crippen LogP contribution in [0.4, 0.5) is 0 Å². The van der Waals surface area contributed by atoms with Gasteiger partial charge in [-0.25, -0.2) is 13.1 Å². The van der Waals surface area contributed by atoms with Crippen molar-refractivity contribution in [2.24, 2.45) is 0 Å². The minimum Gasteiger partial charge on any atom is -0.472 e. The van der Waals surface area contributed by atoms with Crippen molar-refractivity contribution >= 4 is 21.6 Å². The third-order valence-corrected chi connectivity index (χ3v) is 5.14. The molecule has 0 radical (unpaired) electrons. The van der Waals surface area contributed by atoms with Gasteiger partial charge in [0.05, 0.1) is 23.2 Å². The summed E-state index contributed by atoms with van der Waals surface area (Å²) in [5.74, 6) is 0. The van der Waals surface area contributed by atoms with Crippen LogP contribution in [0.15, 0.2) is 70.5 Å². The quantitative estimate of drug-likeness (QED) is 0.766. The molecule has 3 rings (SSSR count).